The smallest absolute Gasteiger partial charge is 0.245 e. The Morgan fingerprint density at radius 2 is 0.800 bits per heavy atom. The molecule has 16 nitrogen and oxygen atoms in total. The van der Waals surface area contributed by atoms with Crippen molar-refractivity contribution in [3.05, 3.63) is 216 Å². The lowest BCUT2D eigenvalue weighted by Gasteiger charge is -2.26. The Bertz CT molecular complexity index is 3720. The monoisotopic (exact) mass is 1450 g/mol. The fourth-order valence-corrected chi connectivity index (χ4v) is 15.7. The number of allylic oxidation sites excluding steroid dienone is 3. The number of fused-ring (bicyclic) bond motifs is 5. The summed E-state index contributed by atoms with van der Waals surface area (Å²) in [6.45, 7) is 23.4. The number of hydrogen-bond acceptors (Lipinski definition) is 11. The molecule has 0 bridgehead atoms. The minimum absolute atomic E-state index is 0.00820. The highest BCUT2D eigenvalue weighted by Crippen LogP contribution is 2.48. The minimum atomic E-state index is -2.51. The zero-order valence-electron chi connectivity index (χ0n) is 56.8. The van der Waals surface area contributed by atoms with Crippen LogP contribution in [0.5, 0.6) is 0 Å². The SMILES string of the molecule is C=CCBr.C=CCC1(C)CN2CCC(c3cccc(F)c3)N2C1=O.C=CCC1CN2CCC(c3cccc(F)c3)N2C1=O.CC1(CC(F)F)CN2CCC(c3cccc(F)c3)N2C1=O.CC1(CC=O)CN2CCC(c3cccc(F)c3)N2C1=O.O=C1CCN2CCC(c3cccc(F)c3)N12. The summed E-state index contributed by atoms with van der Waals surface area (Å²) in [5, 5.41) is 19.7. The summed E-state index contributed by atoms with van der Waals surface area (Å²) in [4.78, 5) is 72.8. The van der Waals surface area contributed by atoms with Gasteiger partial charge in [0.15, 0.2) is 0 Å². The summed E-state index contributed by atoms with van der Waals surface area (Å²) in [7, 11) is 0. The third-order valence-corrected chi connectivity index (χ3v) is 20.8. The number of nitrogens with zero attached hydrogens (tertiary/aromatic N) is 10. The van der Waals surface area contributed by atoms with Gasteiger partial charge in [-0.1, -0.05) is 94.8 Å². The number of halogens is 8. The summed E-state index contributed by atoms with van der Waals surface area (Å²) in [5.41, 5.74) is 2.10. The van der Waals surface area contributed by atoms with Crippen LogP contribution < -0.4 is 0 Å². The second-order valence-corrected chi connectivity index (χ2v) is 28.4. The van der Waals surface area contributed by atoms with E-state index in [0.717, 1.165) is 105 Å². The number of hydrazine groups is 5. The number of amides is 5. The van der Waals surface area contributed by atoms with E-state index in [2.05, 4.69) is 50.7 Å². The zero-order chi connectivity index (χ0) is 71.8. The van der Waals surface area contributed by atoms with E-state index in [1.807, 2.05) is 58.1 Å². The molecule has 0 N–H and O–H groups in total. The Balaban J connectivity index is 0.000000133. The molecule has 24 heteroatoms. The average molecular weight is 1450 g/mol. The molecule has 5 aromatic carbocycles. The van der Waals surface area contributed by atoms with Crippen LogP contribution in [0.3, 0.4) is 0 Å². The summed E-state index contributed by atoms with van der Waals surface area (Å²) in [6, 6.07) is 31.8. The topological polar surface area (TPSA) is 135 Å². The van der Waals surface area contributed by atoms with Crippen molar-refractivity contribution in [3.63, 3.8) is 0 Å². The lowest BCUT2D eigenvalue weighted by Crippen LogP contribution is -2.36. The van der Waals surface area contributed by atoms with Gasteiger partial charge in [0.1, 0.15) is 35.4 Å². The van der Waals surface area contributed by atoms with Crippen LogP contribution in [-0.4, -0.2) is 163 Å². The highest BCUT2D eigenvalue weighted by atomic mass is 79.9. The summed E-state index contributed by atoms with van der Waals surface area (Å²) < 4.78 is 92.0. The molecule has 10 aliphatic heterocycles. The van der Waals surface area contributed by atoms with Gasteiger partial charge in [-0.3, -0.25) is 49.0 Å². The first kappa shape index (κ1) is 74.8. The van der Waals surface area contributed by atoms with Crippen molar-refractivity contribution in [3.8, 4) is 0 Å². The Hall–Kier alpha value is -7.87. The van der Waals surface area contributed by atoms with Gasteiger partial charge in [-0.15, -0.1) is 19.7 Å². The number of carbonyl (C=O) groups excluding carboxylic acids is 6. The third kappa shape index (κ3) is 16.2. The van der Waals surface area contributed by atoms with E-state index in [-0.39, 0.29) is 101 Å². The van der Waals surface area contributed by atoms with E-state index in [1.54, 1.807) is 76.6 Å². The van der Waals surface area contributed by atoms with Gasteiger partial charge in [-0.25, -0.2) is 55.8 Å². The minimum Gasteiger partial charge on any atom is -0.303 e. The fourth-order valence-electron chi connectivity index (χ4n) is 15.7. The van der Waals surface area contributed by atoms with Crippen molar-refractivity contribution in [2.75, 3.05) is 70.8 Å². The van der Waals surface area contributed by atoms with Gasteiger partial charge >= 0.3 is 0 Å². The maximum atomic E-state index is 13.4. The Labute approximate surface area is 589 Å². The molecule has 0 aromatic heterocycles. The summed E-state index contributed by atoms with van der Waals surface area (Å²) in [5.74, 6) is -1.24. The maximum absolute atomic E-state index is 13.4. The highest BCUT2D eigenvalue weighted by Gasteiger charge is 2.56. The van der Waals surface area contributed by atoms with E-state index >= 15 is 0 Å². The molecule has 534 valence electrons. The standard InChI is InChI=1S/C16H19FN2O.C15H17F3N2O.C15H17FN2O2.C15H17FN2O.C12H13FN2O.C3H5Br/c1-3-8-16(2)11-18-9-7-14(19(18)15(16)20)12-5-4-6-13(17)10-12;1-15(8-13(17)18)9-19-6-5-12(20(19)14(15)21)10-3-2-4-11(16)7-10;1-15(6-8-19)10-17-7-5-13(18(17)14(15)20)11-3-2-4-12(16)9-11;1-2-4-12-10-17-8-7-14(18(17)15(12)19)11-5-3-6-13(16)9-11;13-10-3-1-2-9(8-10)11-4-6-14-7-5-12(16)15(11)14;1-2-3-4/h3-6,10,14H,1,7-9,11H2,2H3;2-4,7,12-13H,5-6,8-9H2,1H3;2-4,8-9,13H,5-7,10H2,1H3;2-3,5-6,9,12,14H,1,4,7-8,10H2;1-3,8,11H,4-7H2;2H,1,3H2. The van der Waals surface area contributed by atoms with Gasteiger partial charge in [0, 0.05) is 90.0 Å². The van der Waals surface area contributed by atoms with Gasteiger partial charge in [-0.05, 0) is 154 Å². The average Bonchev–Trinajstić information content (AvgIpc) is 1.61. The molecule has 10 aliphatic rings. The maximum Gasteiger partial charge on any atom is 0.245 e. The van der Waals surface area contributed by atoms with E-state index in [9.17, 15) is 59.5 Å². The molecule has 5 amide bonds. The number of benzene rings is 5. The van der Waals surface area contributed by atoms with Gasteiger partial charge in [0.25, 0.3) is 0 Å². The summed E-state index contributed by atoms with van der Waals surface area (Å²) in [6.07, 6.45) is 9.58. The molecule has 9 atom stereocenters. The molecule has 0 aliphatic carbocycles. The second kappa shape index (κ2) is 32.4. The van der Waals surface area contributed by atoms with Gasteiger partial charge < -0.3 is 4.79 Å². The third-order valence-electron chi connectivity index (χ3n) is 20.4. The van der Waals surface area contributed by atoms with Crippen LogP contribution in [0, 0.1) is 51.2 Å². The molecule has 9 unspecified atom stereocenters. The van der Waals surface area contributed by atoms with Crippen LogP contribution in [-0.2, 0) is 28.8 Å². The zero-order valence-corrected chi connectivity index (χ0v) is 58.4. The first-order valence-corrected chi connectivity index (χ1v) is 35.3. The van der Waals surface area contributed by atoms with Crippen LogP contribution in [0.4, 0.5) is 30.7 Å². The van der Waals surface area contributed by atoms with Crippen molar-refractivity contribution in [2.45, 2.75) is 122 Å². The largest absolute Gasteiger partial charge is 0.303 e. The number of aldehydes is 1. The molecule has 0 spiro atoms. The number of alkyl halides is 3. The molecule has 0 saturated carbocycles. The predicted molar refractivity (Wildman–Crippen MR) is 368 cm³/mol. The van der Waals surface area contributed by atoms with Crippen LogP contribution in [0.2, 0.25) is 0 Å². The Morgan fingerprint density at radius 3 is 1.15 bits per heavy atom. The van der Waals surface area contributed by atoms with Crippen LogP contribution in [0.15, 0.2) is 159 Å². The molecule has 10 heterocycles. The first-order chi connectivity index (χ1) is 47.9. The molecule has 10 fully saturated rings. The number of hydrogen-bond donors (Lipinski definition) is 0. The lowest BCUT2D eigenvalue weighted by molar-refractivity contribution is -0.144. The van der Waals surface area contributed by atoms with Gasteiger partial charge in [0.2, 0.25) is 36.0 Å². The van der Waals surface area contributed by atoms with Crippen molar-refractivity contribution in [2.24, 2.45) is 22.2 Å². The lowest BCUT2D eigenvalue weighted by atomic mass is 9.86. The molecular formula is C76H88BrF7N10O6. The van der Waals surface area contributed by atoms with E-state index in [4.69, 9.17) is 0 Å². The second-order valence-electron chi connectivity index (χ2n) is 27.8. The van der Waals surface area contributed by atoms with Crippen molar-refractivity contribution >= 4 is 51.8 Å². The Kier molecular flexibility index (Phi) is 24.2. The van der Waals surface area contributed by atoms with E-state index < -0.39 is 29.1 Å². The highest BCUT2D eigenvalue weighted by molar-refractivity contribution is 9.09. The molecule has 100 heavy (non-hydrogen) atoms. The van der Waals surface area contributed by atoms with E-state index in [0.29, 0.717) is 50.9 Å². The van der Waals surface area contributed by atoms with E-state index in [1.165, 1.54) is 60.7 Å². The van der Waals surface area contributed by atoms with Crippen molar-refractivity contribution in [1.82, 2.24) is 50.1 Å². The van der Waals surface area contributed by atoms with Crippen LogP contribution in [0.1, 0.15) is 143 Å². The number of rotatable bonds is 14. The van der Waals surface area contributed by atoms with Crippen LogP contribution >= 0.6 is 15.9 Å². The normalized spacial score (nSPS) is 27.5. The molecule has 0 radical (unpaired) electrons. The van der Waals surface area contributed by atoms with Gasteiger partial charge in [-0.2, -0.15) is 0 Å². The summed E-state index contributed by atoms with van der Waals surface area (Å²) >= 11 is 3.13. The molecule has 5 aromatic rings. The number of carbonyl (C=O) groups is 6. The predicted octanol–water partition coefficient (Wildman–Crippen LogP) is 13.6. The quantitative estimate of drug-likeness (QED) is 0.0455. The van der Waals surface area contributed by atoms with Crippen molar-refractivity contribution in [1.29, 1.82) is 0 Å². The molecule has 15 rings (SSSR count). The first-order valence-electron chi connectivity index (χ1n) is 34.2. The van der Waals surface area contributed by atoms with Crippen LogP contribution in [0.25, 0.3) is 0 Å². The fraction of sp³-hybridized carbons (Fsp3) is 0.447. The Morgan fingerprint density at radius 1 is 0.460 bits per heavy atom. The molecule has 10 saturated heterocycles. The molecular weight excluding hydrogens is 1360 g/mol. The van der Waals surface area contributed by atoms with Crippen molar-refractivity contribution < 1.29 is 59.5 Å². The van der Waals surface area contributed by atoms with Gasteiger partial charge in [0.05, 0.1) is 52.4 Å².